The summed E-state index contributed by atoms with van der Waals surface area (Å²) in [5.41, 5.74) is 6.91. The van der Waals surface area contributed by atoms with Crippen LogP contribution >= 0.6 is 0 Å². The average Bonchev–Trinajstić information content (AvgIpc) is 2.52. The summed E-state index contributed by atoms with van der Waals surface area (Å²) in [4.78, 5) is 2.22. The number of hydrogen-bond donors (Lipinski definition) is 1. The van der Waals surface area contributed by atoms with Gasteiger partial charge in [0.2, 0.25) is 0 Å². The van der Waals surface area contributed by atoms with Crippen LogP contribution in [0, 0.1) is 0 Å². The number of nitrogens with two attached hydrogens (primary N) is 1. The monoisotopic (exact) mass is 296 g/mol. The fraction of sp³-hybridized carbons (Fsp3) is 0.625. The molecule has 0 spiro atoms. The fourth-order valence-corrected chi connectivity index (χ4v) is 2.30. The van der Waals surface area contributed by atoms with Crippen molar-refractivity contribution in [2.45, 2.75) is 31.7 Å². The molecular formula is C16H28N2O3. The number of methoxy groups -OCH3 is 3. The van der Waals surface area contributed by atoms with Crippen molar-refractivity contribution in [3.05, 3.63) is 29.8 Å². The summed E-state index contributed by atoms with van der Waals surface area (Å²) in [7, 11) is 7.03. The lowest BCUT2D eigenvalue weighted by Crippen LogP contribution is -2.51. The molecule has 21 heavy (non-hydrogen) atoms. The predicted octanol–water partition coefficient (Wildman–Crippen LogP) is 1.85. The predicted molar refractivity (Wildman–Crippen MR) is 84.3 cm³/mol. The molecule has 0 aliphatic rings. The lowest BCUT2D eigenvalue weighted by Gasteiger charge is -2.40. The third-order valence-corrected chi connectivity index (χ3v) is 4.09. The minimum absolute atomic E-state index is 0.225. The van der Waals surface area contributed by atoms with Crippen molar-refractivity contribution in [2.75, 3.05) is 34.9 Å². The van der Waals surface area contributed by atoms with Gasteiger partial charge in [0.15, 0.2) is 6.29 Å². The van der Waals surface area contributed by atoms with Gasteiger partial charge in [-0.1, -0.05) is 18.2 Å². The van der Waals surface area contributed by atoms with Crippen LogP contribution in [0.25, 0.3) is 0 Å². The first-order valence-electron chi connectivity index (χ1n) is 7.09. The molecule has 0 radical (unpaired) electrons. The number of ether oxygens (including phenoxy) is 3. The Kier molecular flexibility index (Phi) is 7.11. The molecule has 2 N–H and O–H groups in total. The molecule has 0 heterocycles. The molecule has 5 heteroatoms. The maximum Gasteiger partial charge on any atom is 0.158 e. The van der Waals surface area contributed by atoms with E-state index in [4.69, 9.17) is 19.9 Å². The summed E-state index contributed by atoms with van der Waals surface area (Å²) in [5.74, 6) is 0.888. The van der Waals surface area contributed by atoms with E-state index in [0.29, 0.717) is 13.0 Å². The molecule has 0 saturated heterocycles. The van der Waals surface area contributed by atoms with E-state index in [1.165, 1.54) is 0 Å². The molecule has 0 aliphatic heterocycles. The van der Waals surface area contributed by atoms with E-state index in [1.807, 2.05) is 18.2 Å². The molecule has 1 aromatic rings. The fourth-order valence-electron chi connectivity index (χ4n) is 2.30. The van der Waals surface area contributed by atoms with Crippen molar-refractivity contribution >= 4 is 0 Å². The van der Waals surface area contributed by atoms with Crippen molar-refractivity contribution in [2.24, 2.45) is 5.73 Å². The molecule has 1 atom stereocenters. The molecular weight excluding hydrogens is 268 g/mol. The zero-order valence-electron chi connectivity index (χ0n) is 13.8. The highest BCUT2D eigenvalue weighted by Crippen LogP contribution is 2.26. The second kappa shape index (κ2) is 8.34. The maximum absolute atomic E-state index is 6.01. The van der Waals surface area contributed by atoms with E-state index in [2.05, 4.69) is 24.9 Å². The van der Waals surface area contributed by atoms with Gasteiger partial charge in [0, 0.05) is 44.8 Å². The first-order chi connectivity index (χ1) is 10.0. The topological polar surface area (TPSA) is 57.0 Å². The molecule has 0 fully saturated rings. The van der Waals surface area contributed by atoms with Gasteiger partial charge in [-0.25, -0.2) is 0 Å². The molecule has 1 rings (SSSR count). The van der Waals surface area contributed by atoms with Crippen molar-refractivity contribution in [3.8, 4) is 5.75 Å². The van der Waals surface area contributed by atoms with Crippen LogP contribution in [0.5, 0.6) is 5.75 Å². The quantitative estimate of drug-likeness (QED) is 0.705. The first kappa shape index (κ1) is 17.9. The molecule has 120 valence electrons. The number of nitrogens with zero attached hydrogens (tertiary/aromatic N) is 1. The van der Waals surface area contributed by atoms with Gasteiger partial charge in [0.05, 0.1) is 7.11 Å². The van der Waals surface area contributed by atoms with E-state index in [0.717, 1.165) is 17.9 Å². The highest BCUT2D eigenvalue weighted by Gasteiger charge is 2.31. The molecule has 0 bridgehead atoms. The van der Waals surface area contributed by atoms with Crippen molar-refractivity contribution in [3.63, 3.8) is 0 Å². The SMILES string of the molecule is COc1ccccc1CN(C)C(C)(CN)CC(OC)OC. The van der Waals surface area contributed by atoms with E-state index in [1.54, 1.807) is 21.3 Å². The lowest BCUT2D eigenvalue weighted by molar-refractivity contribution is -0.127. The number of likely N-dealkylation sites (N-methyl/N-ethyl adjacent to an activating group) is 1. The Labute approximate surface area is 128 Å². The van der Waals surface area contributed by atoms with E-state index in [9.17, 15) is 0 Å². The summed E-state index contributed by atoms with van der Waals surface area (Å²) in [6.45, 7) is 3.38. The number of benzene rings is 1. The summed E-state index contributed by atoms with van der Waals surface area (Å²) in [6, 6.07) is 8.02. The van der Waals surface area contributed by atoms with E-state index < -0.39 is 0 Å². The maximum atomic E-state index is 6.01. The van der Waals surface area contributed by atoms with Crippen molar-refractivity contribution < 1.29 is 14.2 Å². The zero-order chi connectivity index (χ0) is 15.9. The van der Waals surface area contributed by atoms with Crippen LogP contribution in [0.2, 0.25) is 0 Å². The summed E-state index contributed by atoms with van der Waals surface area (Å²) >= 11 is 0. The van der Waals surface area contributed by atoms with Gasteiger partial charge in [-0.3, -0.25) is 4.90 Å². The number of rotatable bonds is 9. The van der Waals surface area contributed by atoms with Crippen LogP contribution in [0.3, 0.4) is 0 Å². The van der Waals surface area contributed by atoms with E-state index in [-0.39, 0.29) is 11.8 Å². The van der Waals surface area contributed by atoms with Crippen LogP contribution in [-0.4, -0.2) is 51.7 Å². The Morgan fingerprint density at radius 1 is 1.19 bits per heavy atom. The van der Waals surface area contributed by atoms with Gasteiger partial charge in [0.1, 0.15) is 5.75 Å². The smallest absolute Gasteiger partial charge is 0.158 e. The third-order valence-electron chi connectivity index (χ3n) is 4.09. The molecule has 1 aromatic carbocycles. The van der Waals surface area contributed by atoms with Crippen LogP contribution in [0.4, 0.5) is 0 Å². The Hall–Kier alpha value is -1.14. The highest BCUT2D eigenvalue weighted by atomic mass is 16.7. The van der Waals surface area contributed by atoms with Gasteiger partial charge >= 0.3 is 0 Å². The molecule has 0 saturated carbocycles. The van der Waals surface area contributed by atoms with Crippen LogP contribution in [-0.2, 0) is 16.0 Å². The average molecular weight is 296 g/mol. The molecule has 0 aliphatic carbocycles. The zero-order valence-corrected chi connectivity index (χ0v) is 13.8. The third kappa shape index (κ3) is 4.68. The number of hydrogen-bond acceptors (Lipinski definition) is 5. The Morgan fingerprint density at radius 3 is 2.33 bits per heavy atom. The van der Waals surface area contributed by atoms with Crippen molar-refractivity contribution in [1.29, 1.82) is 0 Å². The van der Waals surface area contributed by atoms with Crippen LogP contribution in [0.15, 0.2) is 24.3 Å². The lowest BCUT2D eigenvalue weighted by atomic mass is 9.94. The van der Waals surface area contributed by atoms with Crippen LogP contribution < -0.4 is 10.5 Å². The Balaban J connectivity index is 2.85. The van der Waals surface area contributed by atoms with Gasteiger partial charge in [0.25, 0.3) is 0 Å². The first-order valence-corrected chi connectivity index (χ1v) is 7.09. The molecule has 0 amide bonds. The van der Waals surface area contributed by atoms with Crippen LogP contribution in [0.1, 0.15) is 18.9 Å². The summed E-state index contributed by atoms with van der Waals surface area (Å²) in [5, 5.41) is 0. The molecule has 5 nitrogen and oxygen atoms in total. The van der Waals surface area contributed by atoms with Gasteiger partial charge in [-0.15, -0.1) is 0 Å². The Morgan fingerprint density at radius 2 is 1.81 bits per heavy atom. The summed E-state index contributed by atoms with van der Waals surface area (Å²) in [6.07, 6.45) is 0.431. The van der Waals surface area contributed by atoms with Crippen molar-refractivity contribution in [1.82, 2.24) is 4.90 Å². The minimum Gasteiger partial charge on any atom is -0.496 e. The minimum atomic E-state index is -0.265. The largest absolute Gasteiger partial charge is 0.496 e. The number of para-hydroxylation sites is 1. The van der Waals surface area contributed by atoms with Gasteiger partial charge < -0.3 is 19.9 Å². The standard InChI is InChI=1S/C16H28N2O3/c1-16(12-17,10-15(20-4)21-5)18(2)11-13-8-6-7-9-14(13)19-3/h6-9,15H,10-12,17H2,1-5H3. The summed E-state index contributed by atoms with van der Waals surface area (Å²) < 4.78 is 16.0. The molecule has 0 aromatic heterocycles. The second-order valence-corrected chi connectivity index (χ2v) is 5.47. The molecule has 1 unspecified atom stereocenters. The van der Waals surface area contributed by atoms with Gasteiger partial charge in [-0.05, 0) is 20.0 Å². The Bertz CT molecular complexity index is 424. The van der Waals surface area contributed by atoms with Gasteiger partial charge in [-0.2, -0.15) is 0 Å². The highest BCUT2D eigenvalue weighted by molar-refractivity contribution is 5.33. The normalized spacial score (nSPS) is 14.5. The second-order valence-electron chi connectivity index (χ2n) is 5.47. The van der Waals surface area contributed by atoms with E-state index >= 15 is 0 Å².